The molecule has 1 aliphatic heterocycles. The fourth-order valence-electron chi connectivity index (χ4n) is 2.63. The largest absolute Gasteiger partial charge is 0.496 e. The van der Waals surface area contributed by atoms with Crippen LogP contribution in [0.4, 0.5) is 5.69 Å². The van der Waals surface area contributed by atoms with E-state index < -0.39 is 0 Å². The molecule has 0 spiro atoms. The molecule has 1 aromatic rings. The first kappa shape index (κ1) is 17.4. The van der Waals surface area contributed by atoms with Crippen molar-refractivity contribution in [3.05, 3.63) is 22.7 Å². The van der Waals surface area contributed by atoms with E-state index in [1.165, 1.54) is 19.2 Å². The van der Waals surface area contributed by atoms with Crippen molar-refractivity contribution in [2.45, 2.75) is 38.8 Å². The van der Waals surface area contributed by atoms with Crippen LogP contribution in [0.5, 0.6) is 5.75 Å². The molecule has 2 amide bonds. The summed E-state index contributed by atoms with van der Waals surface area (Å²) >= 11 is 5.99. The third-order valence-electron chi connectivity index (χ3n) is 3.83. The zero-order valence-electron chi connectivity index (χ0n) is 13.8. The second kappa shape index (κ2) is 6.28. The number of halogens is 1. The van der Waals surface area contributed by atoms with Crippen molar-refractivity contribution in [3.63, 3.8) is 0 Å². The van der Waals surface area contributed by atoms with Crippen molar-refractivity contribution in [2.24, 2.45) is 0 Å². The molecule has 7 heteroatoms. The minimum absolute atomic E-state index is 0.0325. The van der Waals surface area contributed by atoms with Gasteiger partial charge in [-0.15, -0.1) is 0 Å². The monoisotopic (exact) mass is 339 g/mol. The van der Waals surface area contributed by atoms with E-state index in [0.29, 0.717) is 23.5 Å². The number of benzene rings is 1. The summed E-state index contributed by atoms with van der Waals surface area (Å²) in [4.78, 5) is 26.3. The van der Waals surface area contributed by atoms with E-state index in [1.54, 1.807) is 4.90 Å². The molecule has 1 aromatic carbocycles. The van der Waals surface area contributed by atoms with E-state index in [4.69, 9.17) is 22.1 Å². The Morgan fingerprint density at radius 2 is 2.09 bits per heavy atom. The van der Waals surface area contributed by atoms with Crippen molar-refractivity contribution < 1.29 is 14.3 Å². The molecule has 0 aromatic heterocycles. The number of nitrogens with two attached hydrogens (primary N) is 1. The normalized spacial score (nSPS) is 18.2. The van der Waals surface area contributed by atoms with E-state index in [-0.39, 0.29) is 34.8 Å². The molecule has 1 saturated heterocycles. The van der Waals surface area contributed by atoms with Crippen LogP contribution in [-0.2, 0) is 4.79 Å². The van der Waals surface area contributed by atoms with Gasteiger partial charge in [0.05, 0.1) is 29.4 Å². The summed E-state index contributed by atoms with van der Waals surface area (Å²) in [7, 11) is 1.46. The van der Waals surface area contributed by atoms with Crippen LogP contribution in [0.25, 0.3) is 0 Å². The molecule has 1 heterocycles. The summed E-state index contributed by atoms with van der Waals surface area (Å²) in [6.45, 7) is 6.40. The van der Waals surface area contributed by atoms with Crippen LogP contribution in [0.2, 0.25) is 5.02 Å². The van der Waals surface area contributed by atoms with Gasteiger partial charge >= 0.3 is 0 Å². The molecule has 0 bridgehead atoms. The highest BCUT2D eigenvalue weighted by molar-refractivity contribution is 6.33. The fourth-order valence-corrected chi connectivity index (χ4v) is 2.79. The molecular formula is C16H22ClN3O3. The second-order valence-electron chi connectivity index (χ2n) is 6.62. The number of anilines is 1. The standard InChI is InChI=1S/C16H22ClN3O3/c1-16(2,3)20-8-9(5-14(20)21)19-15(22)10-6-11(17)12(18)7-13(10)23-4/h6-7,9H,5,8,18H2,1-4H3,(H,19,22). The maximum absolute atomic E-state index is 12.5. The van der Waals surface area contributed by atoms with E-state index in [1.807, 2.05) is 20.8 Å². The Hall–Kier alpha value is -1.95. The highest BCUT2D eigenvalue weighted by Gasteiger charge is 2.37. The molecule has 1 fully saturated rings. The Balaban J connectivity index is 2.15. The van der Waals surface area contributed by atoms with Gasteiger partial charge < -0.3 is 20.7 Å². The average Bonchev–Trinajstić information content (AvgIpc) is 2.82. The third kappa shape index (κ3) is 3.69. The quantitative estimate of drug-likeness (QED) is 0.825. The number of ether oxygens (including phenoxy) is 1. The zero-order valence-corrected chi connectivity index (χ0v) is 14.5. The summed E-state index contributed by atoms with van der Waals surface area (Å²) < 4.78 is 5.19. The SMILES string of the molecule is COc1cc(N)c(Cl)cc1C(=O)NC1CC(=O)N(C(C)(C)C)C1. The highest BCUT2D eigenvalue weighted by atomic mass is 35.5. The van der Waals surface area contributed by atoms with Gasteiger partial charge in [-0.1, -0.05) is 11.6 Å². The Morgan fingerprint density at radius 3 is 2.61 bits per heavy atom. The predicted molar refractivity (Wildman–Crippen MR) is 89.8 cm³/mol. The molecule has 2 rings (SSSR count). The van der Waals surface area contributed by atoms with Crippen LogP contribution >= 0.6 is 11.6 Å². The molecule has 1 aliphatic rings. The summed E-state index contributed by atoms with van der Waals surface area (Å²) in [6.07, 6.45) is 0.286. The number of nitrogen functional groups attached to an aromatic ring is 1. The van der Waals surface area contributed by atoms with Crippen molar-refractivity contribution in [2.75, 3.05) is 19.4 Å². The lowest BCUT2D eigenvalue weighted by Gasteiger charge is -2.32. The van der Waals surface area contributed by atoms with Crippen LogP contribution in [0, 0.1) is 0 Å². The number of amides is 2. The van der Waals surface area contributed by atoms with Gasteiger partial charge in [-0.25, -0.2) is 0 Å². The molecule has 23 heavy (non-hydrogen) atoms. The predicted octanol–water partition coefficient (Wildman–Crippen LogP) is 2.06. The maximum Gasteiger partial charge on any atom is 0.255 e. The van der Waals surface area contributed by atoms with Crippen LogP contribution < -0.4 is 15.8 Å². The number of hydrogen-bond acceptors (Lipinski definition) is 4. The van der Waals surface area contributed by atoms with Gasteiger partial charge in [0.2, 0.25) is 5.91 Å². The summed E-state index contributed by atoms with van der Waals surface area (Å²) in [5.74, 6) is 0.0452. The van der Waals surface area contributed by atoms with Gasteiger partial charge in [0.1, 0.15) is 5.75 Å². The lowest BCUT2D eigenvalue weighted by atomic mass is 10.1. The Morgan fingerprint density at radius 1 is 1.43 bits per heavy atom. The average molecular weight is 340 g/mol. The van der Waals surface area contributed by atoms with Crippen LogP contribution in [0.15, 0.2) is 12.1 Å². The van der Waals surface area contributed by atoms with E-state index in [0.717, 1.165) is 0 Å². The fraction of sp³-hybridized carbons (Fsp3) is 0.500. The molecule has 1 unspecified atom stereocenters. The van der Waals surface area contributed by atoms with Crippen molar-refractivity contribution in [1.29, 1.82) is 0 Å². The number of carbonyl (C=O) groups excluding carboxylic acids is 2. The lowest BCUT2D eigenvalue weighted by Crippen LogP contribution is -2.44. The Bertz CT molecular complexity index is 640. The van der Waals surface area contributed by atoms with Crippen LogP contribution in [0.3, 0.4) is 0 Å². The van der Waals surface area contributed by atoms with E-state index in [9.17, 15) is 9.59 Å². The van der Waals surface area contributed by atoms with E-state index >= 15 is 0 Å². The molecular weight excluding hydrogens is 318 g/mol. The first-order valence-corrected chi connectivity index (χ1v) is 7.75. The number of hydrogen-bond donors (Lipinski definition) is 2. The van der Waals surface area contributed by atoms with Gasteiger partial charge in [-0.2, -0.15) is 0 Å². The number of nitrogens with one attached hydrogen (secondary N) is 1. The molecule has 1 atom stereocenters. The lowest BCUT2D eigenvalue weighted by molar-refractivity contribution is -0.131. The summed E-state index contributed by atoms with van der Waals surface area (Å²) in [6, 6.07) is 2.75. The van der Waals surface area contributed by atoms with Gasteiger partial charge in [0.15, 0.2) is 0 Å². The van der Waals surface area contributed by atoms with Crippen molar-refractivity contribution in [3.8, 4) is 5.75 Å². The molecule has 0 aliphatic carbocycles. The molecule has 6 nitrogen and oxygen atoms in total. The maximum atomic E-state index is 12.5. The van der Waals surface area contributed by atoms with Crippen molar-refractivity contribution in [1.82, 2.24) is 10.2 Å². The smallest absolute Gasteiger partial charge is 0.255 e. The number of rotatable bonds is 3. The summed E-state index contributed by atoms with van der Waals surface area (Å²) in [5.41, 5.74) is 6.10. The number of nitrogens with zero attached hydrogens (tertiary/aromatic N) is 1. The second-order valence-corrected chi connectivity index (χ2v) is 7.03. The minimum atomic E-state index is -0.336. The third-order valence-corrected chi connectivity index (χ3v) is 4.16. The van der Waals surface area contributed by atoms with Gasteiger partial charge in [-0.05, 0) is 26.8 Å². The number of likely N-dealkylation sites (tertiary alicyclic amines) is 1. The molecule has 0 radical (unpaired) electrons. The summed E-state index contributed by atoms with van der Waals surface area (Å²) in [5, 5.41) is 3.15. The highest BCUT2D eigenvalue weighted by Crippen LogP contribution is 2.29. The van der Waals surface area contributed by atoms with Gasteiger partial charge in [0, 0.05) is 24.6 Å². The van der Waals surface area contributed by atoms with Crippen LogP contribution in [-0.4, -0.2) is 41.9 Å². The first-order valence-electron chi connectivity index (χ1n) is 7.38. The van der Waals surface area contributed by atoms with E-state index in [2.05, 4.69) is 5.32 Å². The molecule has 0 saturated carbocycles. The van der Waals surface area contributed by atoms with Gasteiger partial charge in [0.25, 0.3) is 5.91 Å². The van der Waals surface area contributed by atoms with Gasteiger partial charge in [-0.3, -0.25) is 9.59 Å². The van der Waals surface area contributed by atoms with Crippen molar-refractivity contribution >= 4 is 29.1 Å². The number of methoxy groups -OCH3 is 1. The van der Waals surface area contributed by atoms with Crippen LogP contribution in [0.1, 0.15) is 37.6 Å². The molecule has 3 N–H and O–H groups in total. The first-order chi connectivity index (χ1) is 10.6. The zero-order chi connectivity index (χ0) is 17.4. The minimum Gasteiger partial charge on any atom is -0.496 e. The topological polar surface area (TPSA) is 84.7 Å². The molecule has 126 valence electrons. The Kier molecular flexibility index (Phi) is 4.75. The Labute approximate surface area is 140 Å². The number of carbonyl (C=O) groups is 2.